The van der Waals surface area contributed by atoms with E-state index in [4.69, 9.17) is 0 Å². The molecule has 0 saturated heterocycles. The summed E-state index contributed by atoms with van der Waals surface area (Å²) in [5.74, 6) is 0.653. The Kier molecular flexibility index (Phi) is 16.3. The molecule has 0 unspecified atom stereocenters. The van der Waals surface area contributed by atoms with Crippen molar-refractivity contribution in [2.75, 3.05) is 13.1 Å². The van der Waals surface area contributed by atoms with E-state index in [-0.39, 0.29) is 19.8 Å². The van der Waals surface area contributed by atoms with Crippen LogP contribution in [0.1, 0.15) is 56.6 Å². The number of nitrogens with zero attached hydrogens (tertiary/aromatic N) is 2. The second-order valence-electron chi connectivity index (χ2n) is 5.93. The first kappa shape index (κ1) is 26.0. The van der Waals surface area contributed by atoms with Gasteiger partial charge in [0, 0.05) is 13.1 Å². The van der Waals surface area contributed by atoms with Crippen molar-refractivity contribution in [1.29, 1.82) is 0 Å². The Hall–Kier alpha value is -0.237. The summed E-state index contributed by atoms with van der Waals surface area (Å²) < 4.78 is 0. The molecule has 138 valence electrons. The van der Waals surface area contributed by atoms with Gasteiger partial charge in [-0.15, -0.1) is 0 Å². The van der Waals surface area contributed by atoms with Crippen LogP contribution < -0.4 is 12.4 Å². The molecule has 2 aliphatic rings. The zero-order chi connectivity index (χ0) is 16.4. The Bertz CT molecular complexity index is 475. The van der Waals surface area contributed by atoms with Gasteiger partial charge in [0.15, 0.2) is 0 Å². The van der Waals surface area contributed by atoms with Crippen LogP contribution in [0.3, 0.4) is 0 Å². The van der Waals surface area contributed by atoms with Gasteiger partial charge in [0.1, 0.15) is 0 Å². The zero-order valence-corrected chi connectivity index (χ0v) is 18.4. The third-order valence-electron chi connectivity index (χ3n) is 3.83. The molecule has 2 nitrogen and oxygen atoms in total. The van der Waals surface area contributed by atoms with Crippen molar-refractivity contribution in [2.45, 2.75) is 52.4 Å². The molecule has 0 radical (unpaired) electrons. The van der Waals surface area contributed by atoms with E-state index in [0.29, 0.717) is 5.92 Å². The predicted molar refractivity (Wildman–Crippen MR) is 101 cm³/mol. The first-order chi connectivity index (χ1) is 10.7. The minimum absolute atomic E-state index is 0. The molecule has 2 aliphatic heterocycles. The van der Waals surface area contributed by atoms with Gasteiger partial charge in [0.05, 0.1) is 11.4 Å². The fourth-order valence-corrected chi connectivity index (χ4v) is 2.50. The second-order valence-corrected chi connectivity index (χ2v) is 5.93. The molecule has 2 heterocycles. The molecular formula is C19H29Cl2N2Ru-. The summed E-state index contributed by atoms with van der Waals surface area (Å²) in [5.41, 5.74) is 5.37. The summed E-state index contributed by atoms with van der Waals surface area (Å²) in [6, 6.07) is 8.71. The van der Waals surface area contributed by atoms with Crippen molar-refractivity contribution in [3.05, 3.63) is 42.8 Å². The Labute approximate surface area is 168 Å². The number of rotatable bonds is 2. The zero-order valence-electron chi connectivity index (χ0n) is 15.1. The molecule has 0 bridgehead atoms. The Morgan fingerprint density at radius 3 is 1.62 bits per heavy atom. The van der Waals surface area contributed by atoms with Gasteiger partial charge in [0.2, 0.25) is 0 Å². The normalized spacial score (nSPS) is 14.9. The summed E-state index contributed by atoms with van der Waals surface area (Å²) in [6.45, 7) is 8.61. The molecule has 0 saturated carbocycles. The molecule has 5 heteroatoms. The number of halogens is 2. The molecule has 0 aliphatic carbocycles. The molecule has 24 heavy (non-hydrogen) atoms. The average Bonchev–Trinajstić information content (AvgIpc) is 3.23. The van der Waals surface area contributed by atoms with Gasteiger partial charge in [0.25, 0.3) is 0 Å². The first-order valence-corrected chi connectivity index (χ1v) is 10.2. The van der Waals surface area contributed by atoms with Crippen LogP contribution in [0.25, 0.3) is 0 Å². The molecule has 0 N–H and O–H groups in total. The Balaban J connectivity index is 0. The van der Waals surface area contributed by atoms with Crippen LogP contribution in [-0.2, 0) is 17.3 Å². The fourth-order valence-electron chi connectivity index (χ4n) is 2.50. The van der Waals surface area contributed by atoms with Crippen molar-refractivity contribution in [2.24, 2.45) is 9.98 Å². The van der Waals surface area contributed by atoms with E-state index >= 15 is 0 Å². The van der Waals surface area contributed by atoms with E-state index in [0.717, 1.165) is 13.1 Å². The van der Waals surface area contributed by atoms with Crippen molar-refractivity contribution < 1.29 is 29.7 Å². The van der Waals surface area contributed by atoms with Gasteiger partial charge in [-0.1, -0.05) is 43.7 Å². The number of hydrogen-bond donors (Lipinski definition) is 0. The molecule has 1 aromatic rings. The first-order valence-electron chi connectivity index (χ1n) is 7.94. The van der Waals surface area contributed by atoms with Crippen molar-refractivity contribution in [3.8, 4) is 0 Å². The van der Waals surface area contributed by atoms with Gasteiger partial charge in [-0.05, 0) is 44.1 Å². The topological polar surface area (TPSA) is 24.7 Å². The quantitative estimate of drug-likeness (QED) is 0.482. The Morgan fingerprint density at radius 2 is 1.33 bits per heavy atom. The summed E-state index contributed by atoms with van der Waals surface area (Å²) >= 11 is 1.82. The summed E-state index contributed by atoms with van der Waals surface area (Å²) in [5, 5.41) is 0. The summed E-state index contributed by atoms with van der Waals surface area (Å²) in [7, 11) is 4.57. The average molecular weight is 457 g/mol. The number of hydrogen-bond acceptors (Lipinski definition) is 2. The van der Waals surface area contributed by atoms with Gasteiger partial charge >= 0.3 is 27.0 Å². The van der Waals surface area contributed by atoms with Crippen LogP contribution in [0.2, 0.25) is 0 Å². The molecule has 0 fully saturated rings. The van der Waals surface area contributed by atoms with Crippen LogP contribution in [0.5, 0.6) is 0 Å². The maximum absolute atomic E-state index is 4.57. The van der Waals surface area contributed by atoms with Crippen molar-refractivity contribution in [1.82, 2.24) is 0 Å². The van der Waals surface area contributed by atoms with Gasteiger partial charge in [-0.25, -0.2) is 0 Å². The van der Waals surface area contributed by atoms with Gasteiger partial charge in [-0.2, -0.15) is 0 Å². The van der Waals surface area contributed by atoms with Crippen LogP contribution in [0, 0.1) is 14.4 Å². The van der Waals surface area contributed by atoms with Gasteiger partial charge in [-0.3, -0.25) is 9.98 Å². The molecule has 1 aromatic carbocycles. The monoisotopic (exact) mass is 457 g/mol. The van der Waals surface area contributed by atoms with Crippen LogP contribution >= 0.6 is 9.69 Å². The van der Waals surface area contributed by atoms with Crippen LogP contribution in [0.15, 0.2) is 34.3 Å². The number of benzene rings is 1. The summed E-state index contributed by atoms with van der Waals surface area (Å²) in [6.07, 6.45) is 4.85. The third-order valence-corrected chi connectivity index (χ3v) is 3.83. The molecule has 0 atom stereocenters. The van der Waals surface area contributed by atoms with E-state index in [1.54, 1.807) is 0 Å². The fraction of sp³-hybridized carbons (Fsp3) is 0.526. The van der Waals surface area contributed by atoms with Crippen LogP contribution in [0.4, 0.5) is 0 Å². The number of aryl methyl sites for hydroxylation is 1. The van der Waals surface area contributed by atoms with E-state index < -0.39 is 0 Å². The Morgan fingerprint density at radius 1 is 0.917 bits per heavy atom. The molecule has 3 rings (SSSR count). The number of aliphatic imine (C=N–C) groups is 2. The minimum atomic E-state index is 0. The summed E-state index contributed by atoms with van der Waals surface area (Å²) in [4.78, 5) is 8.81. The maximum atomic E-state index is 4.57. The van der Waals surface area contributed by atoms with Crippen molar-refractivity contribution in [3.63, 3.8) is 0 Å². The van der Waals surface area contributed by atoms with E-state index in [9.17, 15) is 0 Å². The standard InChI is InChI=1S/C10H14.C8H12N2.CH3.2ClH.Ru/c1-8(2)10-6-4-9(3)5-7-10;1-3-7(9-5-1)8-4-2-6-10-8;;;;/h4-8H,1-3H3;1-6H2;1H3;2*1H;/q;;-1;;;+2/p-2. The van der Waals surface area contributed by atoms with Gasteiger partial charge < -0.3 is 19.8 Å². The van der Waals surface area contributed by atoms with Crippen molar-refractivity contribution >= 4 is 21.1 Å². The molecule has 0 spiro atoms. The second kappa shape index (κ2) is 15.1. The molecule has 0 aromatic heterocycles. The predicted octanol–water partition coefficient (Wildman–Crippen LogP) is 2.72. The van der Waals surface area contributed by atoms with Crippen LogP contribution in [-0.4, -0.2) is 24.5 Å². The van der Waals surface area contributed by atoms with E-state index in [1.165, 1.54) is 48.2 Å². The molecule has 0 amide bonds. The van der Waals surface area contributed by atoms with E-state index in [1.807, 2.05) is 17.3 Å². The SMILES string of the molecule is C1CN=C(C2=NCCC2)C1.Cc1ccc(C(C)C)cc1.[CH3-].[Cl-].[Cl][Ru+]. The van der Waals surface area contributed by atoms with E-state index in [2.05, 4.69) is 64.7 Å². The molecular weight excluding hydrogens is 428 g/mol. The third kappa shape index (κ3) is 9.30.